The third-order valence-corrected chi connectivity index (χ3v) is 18.4. The van der Waals surface area contributed by atoms with Crippen LogP contribution in [0.5, 0.6) is 0 Å². The van der Waals surface area contributed by atoms with Crippen molar-refractivity contribution >= 4 is 39.5 Å². The second kappa shape index (κ2) is 64.4. The van der Waals surface area contributed by atoms with Crippen molar-refractivity contribution in [1.29, 1.82) is 0 Å². The van der Waals surface area contributed by atoms with Crippen molar-refractivity contribution in [2.45, 2.75) is 387 Å². The molecule has 0 bridgehead atoms. The molecule has 0 aromatic heterocycles. The molecule has 0 aromatic rings. The standard InChI is InChI=1S/C71H138O17P2/c1-6-9-12-15-18-21-24-25-26-27-28-30-37-42-47-52-57-71(76)88-67(61-82-69(74)55-50-45-40-35-32-31-33-38-43-48-53-64(4)5)63-86-90(79,80)84-59-65(72)58-83-89(77,78)85-62-66(60-81-68(73)54-49-44-39-34-23-20-17-14-11-8-3)87-70(75)56-51-46-41-36-29-22-19-16-13-10-7-2/h64-67,72H,6-63H2,1-5H3,(H,77,78)(H,79,80)/t65-,66+,67+/m0/s1. The molecule has 0 spiro atoms. The van der Waals surface area contributed by atoms with Crippen molar-refractivity contribution in [3.05, 3.63) is 0 Å². The normalized spacial score (nSPS) is 14.1. The first-order valence-corrected chi connectivity index (χ1v) is 40.1. The highest BCUT2D eigenvalue weighted by atomic mass is 31.2. The Balaban J connectivity index is 5.24. The number of unbranched alkanes of at least 4 members (excludes halogenated alkanes) is 43. The van der Waals surface area contributed by atoms with Crippen molar-refractivity contribution < 1.29 is 80.2 Å². The Morgan fingerprint density at radius 1 is 0.300 bits per heavy atom. The largest absolute Gasteiger partial charge is 0.472 e. The predicted molar refractivity (Wildman–Crippen MR) is 363 cm³/mol. The fourth-order valence-corrected chi connectivity index (χ4v) is 12.4. The molecule has 0 aliphatic rings. The van der Waals surface area contributed by atoms with E-state index in [9.17, 15) is 43.2 Å². The maximum atomic E-state index is 13.0. The molecule has 0 rings (SSSR count). The minimum Gasteiger partial charge on any atom is -0.462 e. The Kier molecular flexibility index (Phi) is 63.0. The van der Waals surface area contributed by atoms with Gasteiger partial charge in [0, 0.05) is 25.7 Å². The fraction of sp³-hybridized carbons (Fsp3) is 0.944. The van der Waals surface area contributed by atoms with E-state index in [-0.39, 0.29) is 25.7 Å². The van der Waals surface area contributed by atoms with Crippen molar-refractivity contribution in [3.63, 3.8) is 0 Å². The van der Waals surface area contributed by atoms with Crippen molar-refractivity contribution in [2.75, 3.05) is 39.6 Å². The van der Waals surface area contributed by atoms with Crippen molar-refractivity contribution in [1.82, 2.24) is 0 Å². The minimum absolute atomic E-state index is 0.107. The first kappa shape index (κ1) is 88.1. The Morgan fingerprint density at radius 3 is 0.756 bits per heavy atom. The smallest absolute Gasteiger partial charge is 0.462 e. The lowest BCUT2D eigenvalue weighted by Gasteiger charge is -2.21. The highest BCUT2D eigenvalue weighted by Crippen LogP contribution is 2.45. The summed E-state index contributed by atoms with van der Waals surface area (Å²) in [5.41, 5.74) is 0. The number of carbonyl (C=O) groups is 4. The number of esters is 4. The van der Waals surface area contributed by atoms with Crippen LogP contribution in [-0.4, -0.2) is 96.7 Å². The summed E-state index contributed by atoms with van der Waals surface area (Å²) in [6.45, 7) is 7.24. The first-order valence-electron chi connectivity index (χ1n) is 37.1. The average molecular weight is 1330 g/mol. The lowest BCUT2D eigenvalue weighted by atomic mass is 10.0. The van der Waals surface area contributed by atoms with Gasteiger partial charge >= 0.3 is 39.5 Å². The third kappa shape index (κ3) is 64.8. The predicted octanol–water partition coefficient (Wildman–Crippen LogP) is 20.5. The Morgan fingerprint density at radius 2 is 0.511 bits per heavy atom. The highest BCUT2D eigenvalue weighted by Gasteiger charge is 2.30. The molecule has 0 aromatic carbocycles. The monoisotopic (exact) mass is 1320 g/mol. The number of rotatable bonds is 71. The summed E-state index contributed by atoms with van der Waals surface area (Å²) in [5.74, 6) is -1.36. The van der Waals surface area contributed by atoms with Gasteiger partial charge in [0.25, 0.3) is 0 Å². The summed E-state index contributed by atoms with van der Waals surface area (Å²) in [6, 6.07) is 0. The number of aliphatic hydroxyl groups is 1. The van der Waals surface area contributed by atoms with Gasteiger partial charge in [0.1, 0.15) is 19.3 Å². The molecule has 0 saturated carbocycles. The topological polar surface area (TPSA) is 237 Å². The summed E-state index contributed by atoms with van der Waals surface area (Å²) in [7, 11) is -9.90. The molecule has 90 heavy (non-hydrogen) atoms. The van der Waals surface area contributed by atoms with E-state index in [0.29, 0.717) is 25.7 Å². The molecule has 0 radical (unpaired) electrons. The number of phosphoric acid groups is 2. The van der Waals surface area contributed by atoms with Crippen LogP contribution in [0.1, 0.15) is 369 Å². The van der Waals surface area contributed by atoms with Gasteiger partial charge in [-0.1, -0.05) is 317 Å². The zero-order valence-corrected chi connectivity index (χ0v) is 60.1. The SMILES string of the molecule is CCCCCCCCCCCCCCCCCCC(=O)O[C@H](COC(=O)CCCCCCCCCCCCC(C)C)COP(=O)(O)OC[C@@H](O)COP(=O)(O)OC[C@@H](COC(=O)CCCCCCCCCCCC)OC(=O)CCCCCCCCCCCCC. The Bertz CT molecular complexity index is 1740. The summed E-state index contributed by atoms with van der Waals surface area (Å²) in [4.78, 5) is 72.6. The molecule has 19 heteroatoms. The quantitative estimate of drug-likeness (QED) is 0.0222. The number of carbonyl (C=O) groups excluding carboxylic acids is 4. The van der Waals surface area contributed by atoms with Gasteiger partial charge in [0.2, 0.25) is 0 Å². The second-order valence-corrected chi connectivity index (χ2v) is 29.0. The molecule has 0 saturated heterocycles. The van der Waals surface area contributed by atoms with Gasteiger partial charge in [0.05, 0.1) is 26.4 Å². The summed E-state index contributed by atoms with van der Waals surface area (Å²) < 4.78 is 68.3. The lowest BCUT2D eigenvalue weighted by Crippen LogP contribution is -2.30. The van der Waals surface area contributed by atoms with Gasteiger partial charge in [-0.05, 0) is 31.6 Å². The summed E-state index contributed by atoms with van der Waals surface area (Å²) >= 11 is 0. The van der Waals surface area contributed by atoms with E-state index in [1.807, 2.05) is 0 Å². The Labute approximate surface area is 549 Å². The van der Waals surface area contributed by atoms with Crippen molar-refractivity contribution in [2.24, 2.45) is 5.92 Å². The van der Waals surface area contributed by atoms with Crippen LogP contribution in [-0.2, 0) is 65.4 Å². The molecule has 0 fully saturated rings. The van der Waals surface area contributed by atoms with Crippen LogP contribution in [0.25, 0.3) is 0 Å². The Hall–Kier alpha value is -1.94. The molecule has 5 atom stereocenters. The number of ether oxygens (including phenoxy) is 4. The van der Waals surface area contributed by atoms with E-state index in [1.54, 1.807) is 0 Å². The molecule has 0 aliphatic heterocycles. The maximum absolute atomic E-state index is 13.0. The zero-order chi connectivity index (χ0) is 66.3. The molecule has 0 heterocycles. The molecule has 2 unspecified atom stereocenters. The first-order chi connectivity index (χ1) is 43.5. The molecular weight excluding hydrogens is 1190 g/mol. The molecule has 0 aliphatic carbocycles. The van der Waals surface area contributed by atoms with Crippen LogP contribution in [0.4, 0.5) is 0 Å². The minimum atomic E-state index is -4.95. The van der Waals surface area contributed by atoms with Gasteiger partial charge in [-0.3, -0.25) is 37.3 Å². The van der Waals surface area contributed by atoms with E-state index in [1.165, 1.54) is 193 Å². The van der Waals surface area contributed by atoms with Gasteiger partial charge in [-0.2, -0.15) is 0 Å². The van der Waals surface area contributed by atoms with E-state index >= 15 is 0 Å². The van der Waals surface area contributed by atoms with Gasteiger partial charge in [-0.25, -0.2) is 9.13 Å². The molecule has 3 N–H and O–H groups in total. The van der Waals surface area contributed by atoms with E-state index in [0.717, 1.165) is 95.8 Å². The fourth-order valence-electron chi connectivity index (χ4n) is 10.8. The second-order valence-electron chi connectivity index (χ2n) is 26.1. The maximum Gasteiger partial charge on any atom is 0.472 e. The van der Waals surface area contributed by atoms with Crippen LogP contribution >= 0.6 is 15.6 Å². The van der Waals surface area contributed by atoms with Gasteiger partial charge in [-0.15, -0.1) is 0 Å². The number of hydrogen-bond donors (Lipinski definition) is 3. The average Bonchev–Trinajstić information content (AvgIpc) is 3.68. The molecule has 17 nitrogen and oxygen atoms in total. The van der Waals surface area contributed by atoms with Crippen LogP contribution in [0, 0.1) is 5.92 Å². The zero-order valence-electron chi connectivity index (χ0n) is 58.3. The molecular formula is C71H138O17P2. The number of phosphoric ester groups is 2. The van der Waals surface area contributed by atoms with Crippen LogP contribution < -0.4 is 0 Å². The highest BCUT2D eigenvalue weighted by molar-refractivity contribution is 7.47. The van der Waals surface area contributed by atoms with E-state index in [2.05, 4.69) is 34.6 Å². The van der Waals surface area contributed by atoms with Crippen LogP contribution in [0.2, 0.25) is 0 Å². The van der Waals surface area contributed by atoms with Crippen LogP contribution in [0.3, 0.4) is 0 Å². The molecule has 0 amide bonds. The van der Waals surface area contributed by atoms with Crippen molar-refractivity contribution in [3.8, 4) is 0 Å². The van der Waals surface area contributed by atoms with E-state index < -0.39 is 97.5 Å². The number of hydrogen-bond acceptors (Lipinski definition) is 15. The summed E-state index contributed by atoms with van der Waals surface area (Å²) in [5, 5.41) is 10.6. The number of aliphatic hydroxyl groups excluding tert-OH is 1. The van der Waals surface area contributed by atoms with Gasteiger partial charge < -0.3 is 33.8 Å². The lowest BCUT2D eigenvalue weighted by molar-refractivity contribution is -0.161. The molecule has 534 valence electrons. The van der Waals surface area contributed by atoms with Crippen LogP contribution in [0.15, 0.2) is 0 Å². The van der Waals surface area contributed by atoms with Gasteiger partial charge in [0.15, 0.2) is 12.2 Å². The van der Waals surface area contributed by atoms with E-state index in [4.69, 9.17) is 37.0 Å². The summed E-state index contributed by atoms with van der Waals surface area (Å²) in [6.07, 6.45) is 51.2. The third-order valence-electron chi connectivity index (χ3n) is 16.5.